The zero-order valence-electron chi connectivity index (χ0n) is 20.3. The largest absolute Gasteiger partial charge is 1.00 e. The molecule has 29 heavy (non-hydrogen) atoms. The first-order valence-electron chi connectivity index (χ1n) is 12.6. The van der Waals surface area contributed by atoms with E-state index in [1.54, 1.807) is 5.57 Å². The fourth-order valence-corrected chi connectivity index (χ4v) is 8.65. The van der Waals surface area contributed by atoms with Crippen LogP contribution in [0.25, 0.3) is 0 Å². The first-order valence-corrected chi connectivity index (χ1v) is 12.6. The Balaban J connectivity index is 0.00000240. The van der Waals surface area contributed by atoms with Crippen LogP contribution in [0.3, 0.4) is 0 Å². The van der Waals surface area contributed by atoms with Crippen molar-refractivity contribution in [1.29, 1.82) is 0 Å². The minimum atomic E-state index is -0.327. The van der Waals surface area contributed by atoms with Gasteiger partial charge in [-0.25, -0.2) is 0 Å². The molecule has 3 fully saturated rings. The molecular formula is C27H45KO. The summed E-state index contributed by atoms with van der Waals surface area (Å²) in [4.78, 5) is 0. The second kappa shape index (κ2) is 9.68. The first kappa shape index (κ1) is 25.0. The molecule has 0 N–H and O–H groups in total. The summed E-state index contributed by atoms with van der Waals surface area (Å²) >= 11 is 0. The molecule has 0 aromatic rings. The predicted molar refractivity (Wildman–Crippen MR) is 117 cm³/mol. The van der Waals surface area contributed by atoms with E-state index < -0.39 is 0 Å². The Hall–Kier alpha value is 1.34. The van der Waals surface area contributed by atoms with Crippen molar-refractivity contribution < 1.29 is 56.5 Å². The van der Waals surface area contributed by atoms with Gasteiger partial charge in [-0.3, -0.25) is 0 Å². The number of hydrogen-bond acceptors (Lipinski definition) is 1. The van der Waals surface area contributed by atoms with Gasteiger partial charge < -0.3 is 5.11 Å². The van der Waals surface area contributed by atoms with Crippen LogP contribution in [0.2, 0.25) is 0 Å². The van der Waals surface area contributed by atoms with Gasteiger partial charge in [0.2, 0.25) is 0 Å². The van der Waals surface area contributed by atoms with Gasteiger partial charge in [0.15, 0.2) is 0 Å². The van der Waals surface area contributed by atoms with Gasteiger partial charge in [-0.05, 0) is 91.3 Å². The second-order valence-corrected chi connectivity index (χ2v) is 12.2. The Kier molecular flexibility index (Phi) is 8.33. The molecule has 8 atom stereocenters. The normalized spacial score (nSPS) is 44.9. The quantitative estimate of drug-likeness (QED) is 0.487. The Labute approximate surface area is 223 Å². The topological polar surface area (TPSA) is 23.1 Å². The summed E-state index contributed by atoms with van der Waals surface area (Å²) in [7, 11) is 0. The minimum Gasteiger partial charge on any atom is -0.852 e. The van der Waals surface area contributed by atoms with E-state index in [4.69, 9.17) is 0 Å². The van der Waals surface area contributed by atoms with Gasteiger partial charge in [0.25, 0.3) is 0 Å². The first-order chi connectivity index (χ1) is 13.3. The summed E-state index contributed by atoms with van der Waals surface area (Å²) in [5, 5.41) is 12.1. The summed E-state index contributed by atoms with van der Waals surface area (Å²) in [6, 6.07) is 0. The molecular weight excluding hydrogens is 379 g/mol. The third kappa shape index (κ3) is 4.56. The standard InChI is InChI=1S/C27H45O.K/c1-18(2)7-6-8-19(3)23-11-12-24-22-10-9-20-17-21(28)13-15-26(20,4)25(22)14-16-27(23,24)5;/h9,18-19,21-25H,6-8,10-17H2,1-5H3;/q-1;+1/t19-,21+,22?,23-,24?,25?,26+,27-;/m1./s1. The molecule has 0 heterocycles. The van der Waals surface area contributed by atoms with Crippen LogP contribution < -0.4 is 56.5 Å². The maximum absolute atomic E-state index is 12.1. The van der Waals surface area contributed by atoms with Crippen LogP contribution in [-0.4, -0.2) is 6.10 Å². The average Bonchev–Trinajstić information content (AvgIpc) is 2.99. The van der Waals surface area contributed by atoms with Crippen LogP contribution in [0.5, 0.6) is 0 Å². The third-order valence-corrected chi connectivity index (χ3v) is 10.3. The molecule has 0 aromatic carbocycles. The van der Waals surface area contributed by atoms with E-state index in [-0.39, 0.29) is 57.5 Å². The Bertz CT molecular complexity index is 597. The van der Waals surface area contributed by atoms with E-state index in [9.17, 15) is 5.11 Å². The molecule has 0 radical (unpaired) electrons. The van der Waals surface area contributed by atoms with E-state index in [2.05, 4.69) is 40.7 Å². The van der Waals surface area contributed by atoms with E-state index in [1.165, 1.54) is 51.4 Å². The van der Waals surface area contributed by atoms with Crippen LogP contribution in [0.1, 0.15) is 105 Å². The van der Waals surface area contributed by atoms with Crippen LogP contribution in [0, 0.1) is 46.3 Å². The zero-order valence-corrected chi connectivity index (χ0v) is 23.4. The van der Waals surface area contributed by atoms with Crippen molar-refractivity contribution in [2.45, 2.75) is 111 Å². The fourth-order valence-electron chi connectivity index (χ4n) is 8.65. The van der Waals surface area contributed by atoms with Gasteiger partial charge in [-0.15, -0.1) is 6.10 Å². The van der Waals surface area contributed by atoms with Crippen molar-refractivity contribution in [2.24, 2.45) is 46.3 Å². The molecule has 0 saturated heterocycles. The molecule has 0 aliphatic heterocycles. The Morgan fingerprint density at radius 2 is 1.76 bits per heavy atom. The van der Waals surface area contributed by atoms with Crippen molar-refractivity contribution in [3.63, 3.8) is 0 Å². The molecule has 0 bridgehead atoms. The molecule has 0 amide bonds. The number of fused-ring (bicyclic) bond motifs is 5. The minimum absolute atomic E-state index is 0. The van der Waals surface area contributed by atoms with Crippen molar-refractivity contribution >= 4 is 0 Å². The van der Waals surface area contributed by atoms with E-state index in [0.717, 1.165) is 54.8 Å². The van der Waals surface area contributed by atoms with E-state index >= 15 is 0 Å². The fraction of sp³-hybridized carbons (Fsp3) is 0.926. The molecule has 160 valence electrons. The summed E-state index contributed by atoms with van der Waals surface area (Å²) in [5.74, 6) is 5.37. The third-order valence-electron chi connectivity index (χ3n) is 10.3. The number of allylic oxidation sites excluding steroid dienone is 1. The molecule has 1 nitrogen and oxygen atoms in total. The maximum Gasteiger partial charge on any atom is 1.00 e. The number of rotatable bonds is 5. The van der Waals surface area contributed by atoms with Crippen molar-refractivity contribution in [1.82, 2.24) is 0 Å². The smallest absolute Gasteiger partial charge is 0.852 e. The van der Waals surface area contributed by atoms with Crippen molar-refractivity contribution in [3.05, 3.63) is 11.6 Å². The molecule has 0 aromatic heterocycles. The van der Waals surface area contributed by atoms with Crippen LogP contribution in [0.15, 0.2) is 11.6 Å². The molecule has 4 rings (SSSR count). The molecule has 4 aliphatic rings. The van der Waals surface area contributed by atoms with Crippen molar-refractivity contribution in [3.8, 4) is 0 Å². The Morgan fingerprint density at radius 3 is 2.48 bits per heavy atom. The zero-order chi connectivity index (χ0) is 20.1. The average molecular weight is 425 g/mol. The summed E-state index contributed by atoms with van der Waals surface area (Å²) in [6.45, 7) is 12.5. The molecule has 0 spiro atoms. The SMILES string of the molecule is CC(C)CCC[C@@H](C)[C@H]1CCC2C3CC=C4C[C@@H]([O-])CC[C@]4(C)C3CC[C@@]21C.[K+]. The number of hydrogen-bond donors (Lipinski definition) is 0. The molecule has 3 saturated carbocycles. The van der Waals surface area contributed by atoms with Crippen LogP contribution >= 0.6 is 0 Å². The summed E-state index contributed by atoms with van der Waals surface area (Å²) in [6.07, 6.45) is 16.5. The molecule has 3 unspecified atom stereocenters. The maximum atomic E-state index is 12.1. The van der Waals surface area contributed by atoms with Crippen LogP contribution in [0.4, 0.5) is 0 Å². The van der Waals surface area contributed by atoms with Gasteiger partial charge in [0.1, 0.15) is 0 Å². The van der Waals surface area contributed by atoms with Crippen LogP contribution in [-0.2, 0) is 0 Å². The monoisotopic (exact) mass is 424 g/mol. The van der Waals surface area contributed by atoms with Gasteiger partial charge in [-0.2, -0.15) is 0 Å². The summed E-state index contributed by atoms with van der Waals surface area (Å²) < 4.78 is 0. The van der Waals surface area contributed by atoms with Crippen molar-refractivity contribution in [2.75, 3.05) is 0 Å². The predicted octanol–water partition coefficient (Wildman–Crippen LogP) is 3.76. The van der Waals surface area contributed by atoms with E-state index in [1.807, 2.05) is 0 Å². The molecule has 2 heteroatoms. The van der Waals surface area contributed by atoms with Gasteiger partial charge in [-0.1, -0.05) is 72.0 Å². The molecule has 4 aliphatic carbocycles. The van der Waals surface area contributed by atoms with Gasteiger partial charge in [0, 0.05) is 0 Å². The Morgan fingerprint density at radius 1 is 1.00 bits per heavy atom. The summed E-state index contributed by atoms with van der Waals surface area (Å²) in [5.41, 5.74) is 2.49. The van der Waals surface area contributed by atoms with Gasteiger partial charge in [0.05, 0.1) is 0 Å². The van der Waals surface area contributed by atoms with E-state index in [0.29, 0.717) is 10.8 Å². The van der Waals surface area contributed by atoms with Gasteiger partial charge >= 0.3 is 51.4 Å². The second-order valence-electron chi connectivity index (χ2n) is 12.2.